The second-order valence-electron chi connectivity index (χ2n) is 7.32. The highest BCUT2D eigenvalue weighted by Gasteiger charge is 2.14. The zero-order chi connectivity index (χ0) is 19.9. The second-order valence-corrected chi connectivity index (χ2v) is 7.32. The number of hydrogen-bond donors (Lipinski definition) is 0. The van der Waals surface area contributed by atoms with Crippen molar-refractivity contribution in [2.75, 3.05) is 31.7 Å². The van der Waals surface area contributed by atoms with Crippen LogP contribution < -0.4 is 9.64 Å². The molecule has 1 aromatic heterocycles. The van der Waals surface area contributed by atoms with Crippen molar-refractivity contribution in [2.24, 2.45) is 5.92 Å². The lowest BCUT2D eigenvalue weighted by Crippen LogP contribution is -2.24. The minimum atomic E-state index is 0.252. The Morgan fingerprint density at radius 3 is 2.50 bits per heavy atom. The third kappa shape index (κ3) is 5.26. The Bertz CT molecular complexity index is 825. The molecule has 3 aromatic rings. The molecule has 0 amide bonds. The molecular weight excluding hydrogens is 352 g/mol. The van der Waals surface area contributed by atoms with E-state index in [1.165, 1.54) is 5.56 Å². The third-order valence-electron chi connectivity index (χ3n) is 4.79. The van der Waals surface area contributed by atoms with Gasteiger partial charge in [0, 0.05) is 13.7 Å². The molecule has 0 fully saturated rings. The summed E-state index contributed by atoms with van der Waals surface area (Å²) in [6, 6.07) is 16.7. The van der Waals surface area contributed by atoms with Crippen LogP contribution in [-0.2, 0) is 11.2 Å². The first-order chi connectivity index (χ1) is 13.6. The highest BCUT2D eigenvalue weighted by Crippen LogP contribution is 2.21. The number of rotatable bonds is 10. The Kier molecular flexibility index (Phi) is 6.93. The normalized spacial score (nSPS) is 12.5. The van der Waals surface area contributed by atoms with Crippen LogP contribution in [0, 0.1) is 5.92 Å². The quantitative estimate of drug-likeness (QED) is 0.497. The van der Waals surface area contributed by atoms with Gasteiger partial charge < -0.3 is 18.8 Å². The van der Waals surface area contributed by atoms with Crippen LogP contribution in [0.1, 0.15) is 26.3 Å². The molecular formula is C23H30N2O3. The molecule has 1 unspecified atom stereocenters. The van der Waals surface area contributed by atoms with Crippen LogP contribution in [0.2, 0.25) is 0 Å². The molecule has 0 radical (unpaired) electrons. The lowest BCUT2D eigenvalue weighted by molar-refractivity contribution is 0.0311. The van der Waals surface area contributed by atoms with Crippen molar-refractivity contribution in [1.82, 2.24) is 4.98 Å². The number of nitrogens with zero attached hydrogens (tertiary/aromatic N) is 2. The van der Waals surface area contributed by atoms with Gasteiger partial charge in [0.25, 0.3) is 6.01 Å². The largest absolute Gasteiger partial charge is 0.492 e. The van der Waals surface area contributed by atoms with E-state index in [2.05, 4.69) is 31.0 Å². The second kappa shape index (κ2) is 9.60. The minimum absolute atomic E-state index is 0.252. The van der Waals surface area contributed by atoms with Gasteiger partial charge in [0.05, 0.1) is 12.6 Å². The average molecular weight is 383 g/mol. The highest BCUT2D eigenvalue weighted by molar-refractivity contribution is 5.74. The molecule has 0 bridgehead atoms. The van der Waals surface area contributed by atoms with Crippen LogP contribution in [0.15, 0.2) is 52.9 Å². The molecule has 1 heterocycles. The molecule has 2 aromatic carbocycles. The standard InChI is InChI=1S/C23H30N2O3/c1-5-26-22(17(2)3)16-18-10-12-19(13-11-18)27-15-14-25(4)23-24-20-8-6-7-9-21(20)28-23/h6-13,17,22H,5,14-16H2,1-4H3. The van der Waals surface area contributed by atoms with Crippen LogP contribution >= 0.6 is 0 Å². The molecule has 0 aliphatic rings. The zero-order valence-electron chi connectivity index (χ0n) is 17.2. The van der Waals surface area contributed by atoms with E-state index in [1.807, 2.05) is 55.3 Å². The van der Waals surface area contributed by atoms with Crippen molar-refractivity contribution < 1.29 is 13.9 Å². The summed E-state index contributed by atoms with van der Waals surface area (Å²) < 4.78 is 17.5. The van der Waals surface area contributed by atoms with E-state index in [0.717, 1.165) is 29.9 Å². The van der Waals surface area contributed by atoms with E-state index in [1.54, 1.807) is 0 Å². The Morgan fingerprint density at radius 1 is 1.07 bits per heavy atom. The number of likely N-dealkylation sites (N-methyl/N-ethyl adjacent to an activating group) is 1. The first-order valence-corrected chi connectivity index (χ1v) is 9.97. The monoisotopic (exact) mass is 382 g/mol. The number of aromatic nitrogens is 1. The SMILES string of the molecule is CCOC(Cc1ccc(OCCN(C)c2nc3ccccc3o2)cc1)C(C)C. The van der Waals surface area contributed by atoms with E-state index in [-0.39, 0.29) is 6.10 Å². The minimum Gasteiger partial charge on any atom is -0.492 e. The maximum atomic E-state index is 5.88. The van der Waals surface area contributed by atoms with Crippen LogP contribution in [0.5, 0.6) is 5.75 Å². The number of oxazole rings is 1. The summed E-state index contributed by atoms with van der Waals surface area (Å²) in [5.74, 6) is 1.37. The van der Waals surface area contributed by atoms with Crippen molar-refractivity contribution >= 4 is 17.1 Å². The Labute approximate surface area is 167 Å². The van der Waals surface area contributed by atoms with Gasteiger partial charge in [-0.15, -0.1) is 0 Å². The molecule has 28 heavy (non-hydrogen) atoms. The summed E-state index contributed by atoms with van der Waals surface area (Å²) in [4.78, 5) is 6.46. The van der Waals surface area contributed by atoms with Crippen molar-refractivity contribution in [3.63, 3.8) is 0 Å². The van der Waals surface area contributed by atoms with Gasteiger partial charge in [-0.05, 0) is 49.1 Å². The first-order valence-electron chi connectivity index (χ1n) is 9.97. The molecule has 0 saturated heterocycles. The fourth-order valence-electron chi connectivity index (χ4n) is 3.07. The van der Waals surface area contributed by atoms with Crippen molar-refractivity contribution in [2.45, 2.75) is 33.3 Å². The first kappa shape index (κ1) is 20.2. The van der Waals surface area contributed by atoms with Crippen LogP contribution in [0.25, 0.3) is 11.1 Å². The predicted molar refractivity (Wildman–Crippen MR) is 113 cm³/mol. The zero-order valence-corrected chi connectivity index (χ0v) is 17.2. The lowest BCUT2D eigenvalue weighted by Gasteiger charge is -2.21. The van der Waals surface area contributed by atoms with Gasteiger partial charge in [0.1, 0.15) is 17.9 Å². The smallest absolute Gasteiger partial charge is 0.298 e. The number of fused-ring (bicyclic) bond motifs is 1. The lowest BCUT2D eigenvalue weighted by atomic mass is 9.99. The highest BCUT2D eigenvalue weighted by atomic mass is 16.5. The number of hydrogen-bond acceptors (Lipinski definition) is 5. The summed E-state index contributed by atoms with van der Waals surface area (Å²) in [6.45, 7) is 8.44. The van der Waals surface area contributed by atoms with E-state index in [9.17, 15) is 0 Å². The van der Waals surface area contributed by atoms with Gasteiger partial charge >= 0.3 is 0 Å². The van der Waals surface area contributed by atoms with Crippen molar-refractivity contribution in [3.05, 3.63) is 54.1 Å². The maximum Gasteiger partial charge on any atom is 0.298 e. The summed E-state index contributed by atoms with van der Waals surface area (Å²) in [6.07, 6.45) is 1.17. The molecule has 0 aliphatic heterocycles. The van der Waals surface area contributed by atoms with Gasteiger partial charge in [0.2, 0.25) is 0 Å². The van der Waals surface area contributed by atoms with Crippen molar-refractivity contribution in [3.8, 4) is 5.75 Å². The van der Waals surface area contributed by atoms with Crippen LogP contribution in [0.3, 0.4) is 0 Å². The third-order valence-corrected chi connectivity index (χ3v) is 4.79. The van der Waals surface area contributed by atoms with Gasteiger partial charge in [-0.2, -0.15) is 4.98 Å². The fraction of sp³-hybridized carbons (Fsp3) is 0.435. The Hall–Kier alpha value is -2.53. The number of benzene rings is 2. The van der Waals surface area contributed by atoms with E-state index in [0.29, 0.717) is 25.1 Å². The molecule has 5 heteroatoms. The van der Waals surface area contributed by atoms with E-state index < -0.39 is 0 Å². The van der Waals surface area contributed by atoms with Gasteiger partial charge in [0.15, 0.2) is 5.58 Å². The fourth-order valence-corrected chi connectivity index (χ4v) is 3.07. The van der Waals surface area contributed by atoms with E-state index >= 15 is 0 Å². The summed E-state index contributed by atoms with van der Waals surface area (Å²) in [7, 11) is 1.96. The van der Waals surface area contributed by atoms with Crippen LogP contribution in [0.4, 0.5) is 6.01 Å². The summed E-state index contributed by atoms with van der Waals surface area (Å²) in [5, 5.41) is 0. The molecule has 0 saturated carbocycles. The number of anilines is 1. The van der Waals surface area contributed by atoms with Crippen LogP contribution in [-0.4, -0.2) is 37.9 Å². The van der Waals surface area contributed by atoms with Gasteiger partial charge in [-0.25, -0.2) is 0 Å². The molecule has 5 nitrogen and oxygen atoms in total. The van der Waals surface area contributed by atoms with Crippen molar-refractivity contribution in [1.29, 1.82) is 0 Å². The Morgan fingerprint density at radius 2 is 1.82 bits per heavy atom. The average Bonchev–Trinajstić information content (AvgIpc) is 3.13. The Balaban J connectivity index is 1.49. The van der Waals surface area contributed by atoms with E-state index in [4.69, 9.17) is 13.9 Å². The molecule has 150 valence electrons. The van der Waals surface area contributed by atoms with Gasteiger partial charge in [-0.1, -0.05) is 38.1 Å². The maximum absolute atomic E-state index is 5.88. The molecule has 0 aliphatic carbocycles. The number of ether oxygens (including phenoxy) is 2. The molecule has 0 N–H and O–H groups in total. The predicted octanol–water partition coefficient (Wildman–Crippen LogP) is 4.95. The molecule has 0 spiro atoms. The number of para-hydroxylation sites is 2. The summed E-state index contributed by atoms with van der Waals surface area (Å²) >= 11 is 0. The molecule has 3 rings (SSSR count). The summed E-state index contributed by atoms with van der Waals surface area (Å²) in [5.41, 5.74) is 2.93. The van der Waals surface area contributed by atoms with Gasteiger partial charge in [-0.3, -0.25) is 0 Å². The topological polar surface area (TPSA) is 47.7 Å². The molecule has 1 atom stereocenters.